The van der Waals surface area contributed by atoms with Gasteiger partial charge in [-0.3, -0.25) is 9.69 Å². The Kier molecular flexibility index (Phi) is 5.97. The average molecular weight is 342 g/mol. The van der Waals surface area contributed by atoms with Gasteiger partial charge < -0.3 is 9.84 Å². The van der Waals surface area contributed by atoms with Crippen LogP contribution in [0.15, 0.2) is 29.2 Å². The third kappa shape index (κ3) is 5.19. The third-order valence-corrected chi connectivity index (χ3v) is 5.25. The highest BCUT2D eigenvalue weighted by Crippen LogP contribution is 2.18. The Morgan fingerprint density at radius 1 is 1.30 bits per heavy atom. The van der Waals surface area contributed by atoms with E-state index in [1.165, 1.54) is 12.1 Å². The van der Waals surface area contributed by atoms with Crippen LogP contribution in [0.5, 0.6) is 5.75 Å². The molecule has 1 aliphatic heterocycles. The van der Waals surface area contributed by atoms with Gasteiger partial charge in [-0.2, -0.15) is 0 Å². The summed E-state index contributed by atoms with van der Waals surface area (Å²) in [6.07, 6.45) is 1.20. The van der Waals surface area contributed by atoms with Crippen LogP contribution < -0.4 is 9.46 Å². The van der Waals surface area contributed by atoms with E-state index in [1.807, 2.05) is 11.8 Å². The van der Waals surface area contributed by atoms with E-state index in [0.717, 1.165) is 0 Å². The monoisotopic (exact) mass is 342 g/mol. The fourth-order valence-electron chi connectivity index (χ4n) is 2.57. The predicted molar refractivity (Wildman–Crippen MR) is 85.0 cm³/mol. The second-order valence-corrected chi connectivity index (χ2v) is 7.18. The van der Waals surface area contributed by atoms with Gasteiger partial charge in [0.05, 0.1) is 18.0 Å². The molecular weight excluding hydrogens is 320 g/mol. The minimum absolute atomic E-state index is 0.00163. The van der Waals surface area contributed by atoms with Gasteiger partial charge in [-0.05, 0) is 44.0 Å². The lowest BCUT2D eigenvalue weighted by Crippen LogP contribution is -2.45. The Morgan fingerprint density at radius 3 is 2.43 bits per heavy atom. The zero-order chi connectivity index (χ0) is 16.9. The molecule has 1 aromatic rings. The molecule has 8 heteroatoms. The first-order valence-corrected chi connectivity index (χ1v) is 9.08. The van der Waals surface area contributed by atoms with E-state index in [-0.39, 0.29) is 17.5 Å². The molecule has 0 amide bonds. The predicted octanol–water partition coefficient (Wildman–Crippen LogP) is 0.913. The van der Waals surface area contributed by atoms with Gasteiger partial charge in [0.1, 0.15) is 5.75 Å². The molecule has 1 aliphatic rings. The fraction of sp³-hybridized carbons (Fsp3) is 0.533. The van der Waals surface area contributed by atoms with Crippen molar-refractivity contribution in [3.05, 3.63) is 24.3 Å². The summed E-state index contributed by atoms with van der Waals surface area (Å²) in [6.45, 7) is 3.53. The standard InChI is InChI=1S/C15H22N2O5S/c1-2-22-13-3-5-14(6-4-13)23(20,21)16-12-7-9-17(10-8-12)11-15(18)19/h3-6,12,16H,2,7-11H2,1H3,(H,18,19). The number of hydrogen-bond donors (Lipinski definition) is 2. The molecule has 0 aliphatic carbocycles. The Bertz CT molecular complexity index is 622. The lowest BCUT2D eigenvalue weighted by atomic mass is 10.1. The largest absolute Gasteiger partial charge is 0.494 e. The molecule has 2 N–H and O–H groups in total. The zero-order valence-corrected chi connectivity index (χ0v) is 13.9. The van der Waals surface area contributed by atoms with Crippen LogP contribution in [-0.4, -0.2) is 56.7 Å². The molecule has 1 saturated heterocycles. The quantitative estimate of drug-likeness (QED) is 0.765. The Morgan fingerprint density at radius 2 is 1.91 bits per heavy atom. The van der Waals surface area contributed by atoms with Crippen molar-refractivity contribution < 1.29 is 23.1 Å². The highest BCUT2D eigenvalue weighted by atomic mass is 32.2. The molecule has 7 nitrogen and oxygen atoms in total. The normalized spacial score (nSPS) is 17.1. The maximum Gasteiger partial charge on any atom is 0.317 e. The first kappa shape index (κ1) is 17.7. The maximum absolute atomic E-state index is 12.4. The summed E-state index contributed by atoms with van der Waals surface area (Å²) in [4.78, 5) is 12.7. The summed E-state index contributed by atoms with van der Waals surface area (Å²) in [7, 11) is -3.57. The third-order valence-electron chi connectivity index (χ3n) is 3.71. The van der Waals surface area contributed by atoms with Crippen LogP contribution in [0.1, 0.15) is 19.8 Å². The van der Waals surface area contributed by atoms with Gasteiger partial charge in [0.2, 0.25) is 10.0 Å². The van der Waals surface area contributed by atoms with Crippen molar-refractivity contribution in [2.24, 2.45) is 0 Å². The highest BCUT2D eigenvalue weighted by Gasteiger charge is 2.25. The zero-order valence-electron chi connectivity index (χ0n) is 13.1. The molecule has 0 bridgehead atoms. The van der Waals surface area contributed by atoms with Gasteiger partial charge in [0.15, 0.2) is 0 Å². The number of piperidine rings is 1. The number of aliphatic carboxylic acids is 1. The van der Waals surface area contributed by atoms with Crippen LogP contribution in [0.4, 0.5) is 0 Å². The number of carboxylic acid groups (broad SMARTS) is 1. The number of rotatable bonds is 7. The van der Waals surface area contributed by atoms with Crippen molar-refractivity contribution in [3.63, 3.8) is 0 Å². The maximum atomic E-state index is 12.4. The summed E-state index contributed by atoms with van der Waals surface area (Å²) < 4.78 is 32.7. The molecule has 1 fully saturated rings. The molecule has 2 rings (SSSR count). The molecule has 0 saturated carbocycles. The summed E-state index contributed by atoms with van der Waals surface area (Å²) in [5.41, 5.74) is 0. The highest BCUT2D eigenvalue weighted by molar-refractivity contribution is 7.89. The van der Waals surface area contributed by atoms with Crippen LogP contribution in [0.2, 0.25) is 0 Å². The van der Waals surface area contributed by atoms with Gasteiger partial charge in [0, 0.05) is 19.1 Å². The van der Waals surface area contributed by atoms with Crippen molar-refractivity contribution in [2.75, 3.05) is 26.2 Å². The molecule has 23 heavy (non-hydrogen) atoms. The SMILES string of the molecule is CCOc1ccc(S(=O)(=O)NC2CCN(CC(=O)O)CC2)cc1. The van der Waals surface area contributed by atoms with Crippen molar-refractivity contribution >= 4 is 16.0 Å². The van der Waals surface area contributed by atoms with E-state index >= 15 is 0 Å². The second kappa shape index (κ2) is 7.76. The fourth-order valence-corrected chi connectivity index (χ4v) is 3.87. The molecule has 0 aromatic heterocycles. The molecule has 1 aromatic carbocycles. The van der Waals surface area contributed by atoms with Crippen LogP contribution in [0.3, 0.4) is 0 Å². The van der Waals surface area contributed by atoms with Gasteiger partial charge >= 0.3 is 5.97 Å². The second-order valence-electron chi connectivity index (χ2n) is 5.47. The minimum Gasteiger partial charge on any atom is -0.494 e. The van der Waals surface area contributed by atoms with Crippen molar-refractivity contribution in [1.82, 2.24) is 9.62 Å². The first-order chi connectivity index (χ1) is 10.9. The topological polar surface area (TPSA) is 95.9 Å². The summed E-state index contributed by atoms with van der Waals surface area (Å²) in [5.74, 6) is -0.230. The van der Waals surface area contributed by atoms with E-state index in [2.05, 4.69) is 4.72 Å². The number of nitrogens with one attached hydrogen (secondary N) is 1. The van der Waals surface area contributed by atoms with E-state index < -0.39 is 16.0 Å². The Hall–Kier alpha value is -1.64. The number of carbonyl (C=O) groups is 1. The van der Waals surface area contributed by atoms with Crippen molar-refractivity contribution in [2.45, 2.75) is 30.7 Å². The molecule has 0 spiro atoms. The molecular formula is C15H22N2O5S. The van der Waals surface area contributed by atoms with E-state index in [9.17, 15) is 13.2 Å². The molecule has 0 unspecified atom stereocenters. The Labute approximate surface area is 136 Å². The van der Waals surface area contributed by atoms with Gasteiger partial charge in [-0.1, -0.05) is 0 Å². The number of ether oxygens (including phenoxy) is 1. The number of likely N-dealkylation sites (tertiary alicyclic amines) is 1. The van der Waals surface area contributed by atoms with Gasteiger partial charge in [0.25, 0.3) is 0 Å². The van der Waals surface area contributed by atoms with E-state index in [1.54, 1.807) is 12.1 Å². The number of carboxylic acids is 1. The van der Waals surface area contributed by atoms with Gasteiger partial charge in [-0.25, -0.2) is 13.1 Å². The van der Waals surface area contributed by atoms with Crippen LogP contribution in [0.25, 0.3) is 0 Å². The number of nitrogens with zero attached hydrogens (tertiary/aromatic N) is 1. The average Bonchev–Trinajstić information content (AvgIpc) is 2.49. The molecule has 0 atom stereocenters. The van der Waals surface area contributed by atoms with Crippen LogP contribution >= 0.6 is 0 Å². The molecule has 1 heterocycles. The smallest absolute Gasteiger partial charge is 0.317 e. The van der Waals surface area contributed by atoms with E-state index in [4.69, 9.17) is 9.84 Å². The molecule has 128 valence electrons. The number of benzene rings is 1. The van der Waals surface area contributed by atoms with Crippen LogP contribution in [0, 0.1) is 0 Å². The lowest BCUT2D eigenvalue weighted by molar-refractivity contribution is -0.138. The lowest BCUT2D eigenvalue weighted by Gasteiger charge is -2.31. The van der Waals surface area contributed by atoms with E-state index in [0.29, 0.717) is 38.3 Å². The van der Waals surface area contributed by atoms with Crippen molar-refractivity contribution in [3.8, 4) is 5.75 Å². The number of sulfonamides is 1. The summed E-state index contributed by atoms with van der Waals surface area (Å²) in [6, 6.07) is 6.14. The Balaban J connectivity index is 1.92. The number of hydrogen-bond acceptors (Lipinski definition) is 5. The molecule has 0 radical (unpaired) electrons. The minimum atomic E-state index is -3.57. The van der Waals surface area contributed by atoms with Crippen LogP contribution in [-0.2, 0) is 14.8 Å². The van der Waals surface area contributed by atoms with Gasteiger partial charge in [-0.15, -0.1) is 0 Å². The summed E-state index contributed by atoms with van der Waals surface area (Å²) in [5, 5.41) is 8.76. The first-order valence-electron chi connectivity index (χ1n) is 7.60. The summed E-state index contributed by atoms with van der Waals surface area (Å²) >= 11 is 0. The van der Waals surface area contributed by atoms with Crippen molar-refractivity contribution in [1.29, 1.82) is 0 Å².